The summed E-state index contributed by atoms with van der Waals surface area (Å²) >= 11 is 1.59. The Labute approximate surface area is 92.7 Å². The van der Waals surface area contributed by atoms with E-state index in [2.05, 4.69) is 5.32 Å². The van der Waals surface area contributed by atoms with Gasteiger partial charge in [-0.1, -0.05) is 6.08 Å². The maximum Gasteiger partial charge on any atom is 0.261 e. The molecule has 15 heavy (non-hydrogen) atoms. The molecule has 1 aliphatic heterocycles. The summed E-state index contributed by atoms with van der Waals surface area (Å²) in [6.07, 6.45) is 4.52. The Hall–Kier alpha value is -1.25. The summed E-state index contributed by atoms with van der Waals surface area (Å²) in [5.41, 5.74) is 0.115. The highest BCUT2D eigenvalue weighted by Crippen LogP contribution is 2.25. The number of rotatable bonds is 4. The van der Waals surface area contributed by atoms with E-state index in [-0.39, 0.29) is 24.0 Å². The zero-order valence-corrected chi connectivity index (χ0v) is 8.96. The average Bonchev–Trinajstić information content (AvgIpc) is 2.75. The lowest BCUT2D eigenvalue weighted by molar-refractivity contribution is -0.117. The van der Waals surface area contributed by atoms with Crippen molar-refractivity contribution in [2.45, 2.75) is 11.7 Å². The van der Waals surface area contributed by atoms with Gasteiger partial charge in [-0.05, 0) is 17.9 Å². The number of nitrogens with zero attached hydrogens (tertiary/aromatic N) is 1. The summed E-state index contributed by atoms with van der Waals surface area (Å²) in [5, 5.41) is 21.9. The molecular formula is C10H12N2O2S. The van der Waals surface area contributed by atoms with E-state index in [4.69, 9.17) is 10.4 Å². The van der Waals surface area contributed by atoms with Gasteiger partial charge in [0, 0.05) is 11.8 Å². The van der Waals surface area contributed by atoms with Crippen molar-refractivity contribution in [3.63, 3.8) is 0 Å². The number of nitrogens with one attached hydrogen (secondary N) is 1. The number of hydrogen-bond donors (Lipinski definition) is 2. The lowest BCUT2D eigenvalue weighted by atomic mass is 10.2. The molecule has 1 atom stereocenters. The summed E-state index contributed by atoms with van der Waals surface area (Å²) in [5.74, 6) is -0.418. The van der Waals surface area contributed by atoms with Crippen LogP contribution in [0.5, 0.6) is 0 Å². The van der Waals surface area contributed by atoms with Gasteiger partial charge in [0.2, 0.25) is 0 Å². The Morgan fingerprint density at radius 3 is 3.13 bits per heavy atom. The molecule has 1 rings (SSSR count). The van der Waals surface area contributed by atoms with Crippen molar-refractivity contribution in [1.29, 1.82) is 5.26 Å². The number of amides is 1. The molecule has 0 radical (unpaired) electrons. The van der Waals surface area contributed by atoms with Crippen LogP contribution in [0.25, 0.3) is 0 Å². The number of carbonyl (C=O) groups excluding carboxylic acids is 1. The normalized spacial score (nSPS) is 20.0. The molecule has 0 saturated carbocycles. The standard InChI is InChI=1S/C10H12N2O2S/c11-7-8(10(14)12-3-4-13)6-9-2-1-5-15-9/h1,5-6,9,13H,2-4H2,(H,12,14)/b8-6+. The molecule has 0 bridgehead atoms. The zero-order valence-electron chi connectivity index (χ0n) is 8.14. The van der Waals surface area contributed by atoms with E-state index in [1.165, 1.54) is 0 Å². The Balaban J connectivity index is 2.54. The second-order valence-corrected chi connectivity index (χ2v) is 4.10. The minimum absolute atomic E-state index is 0.115. The van der Waals surface area contributed by atoms with Crippen molar-refractivity contribution in [1.82, 2.24) is 5.32 Å². The van der Waals surface area contributed by atoms with Gasteiger partial charge in [0.1, 0.15) is 11.6 Å². The summed E-state index contributed by atoms with van der Waals surface area (Å²) in [4.78, 5) is 11.4. The molecule has 1 amide bonds. The summed E-state index contributed by atoms with van der Waals surface area (Å²) in [6, 6.07) is 1.86. The lowest BCUT2D eigenvalue weighted by Crippen LogP contribution is -2.27. The molecule has 4 nitrogen and oxygen atoms in total. The van der Waals surface area contributed by atoms with Crippen molar-refractivity contribution >= 4 is 17.7 Å². The van der Waals surface area contributed by atoms with E-state index in [9.17, 15) is 4.79 Å². The van der Waals surface area contributed by atoms with Gasteiger partial charge in [-0.3, -0.25) is 4.79 Å². The van der Waals surface area contributed by atoms with Gasteiger partial charge >= 0.3 is 0 Å². The maximum absolute atomic E-state index is 11.4. The second kappa shape index (κ2) is 6.27. The first-order chi connectivity index (χ1) is 7.27. The van der Waals surface area contributed by atoms with E-state index in [0.29, 0.717) is 0 Å². The van der Waals surface area contributed by atoms with Crippen molar-refractivity contribution in [3.8, 4) is 6.07 Å². The molecular weight excluding hydrogens is 212 g/mol. The third kappa shape index (κ3) is 3.78. The molecule has 0 aromatic heterocycles. The van der Waals surface area contributed by atoms with Crippen LogP contribution >= 0.6 is 11.8 Å². The quantitative estimate of drug-likeness (QED) is 0.540. The summed E-state index contributed by atoms with van der Waals surface area (Å²) in [6.45, 7) is 0.0537. The third-order valence-electron chi connectivity index (χ3n) is 1.83. The van der Waals surface area contributed by atoms with Crippen LogP contribution in [0.1, 0.15) is 6.42 Å². The number of thioether (sulfide) groups is 1. The Bertz CT molecular complexity index is 323. The second-order valence-electron chi connectivity index (χ2n) is 2.95. The van der Waals surface area contributed by atoms with Gasteiger partial charge in [0.05, 0.1) is 6.61 Å². The van der Waals surface area contributed by atoms with Gasteiger partial charge in [-0.25, -0.2) is 0 Å². The Kier molecular flexibility index (Phi) is 4.95. The van der Waals surface area contributed by atoms with Crippen LogP contribution in [0.3, 0.4) is 0 Å². The predicted octanol–water partition coefficient (Wildman–Crippen LogP) is 0.564. The van der Waals surface area contributed by atoms with Crippen molar-refractivity contribution in [3.05, 3.63) is 23.1 Å². The van der Waals surface area contributed by atoms with E-state index < -0.39 is 5.91 Å². The minimum atomic E-state index is -0.418. The Morgan fingerprint density at radius 2 is 2.60 bits per heavy atom. The molecule has 1 unspecified atom stereocenters. The fraction of sp³-hybridized carbons (Fsp3) is 0.400. The highest BCUT2D eigenvalue weighted by Gasteiger charge is 2.13. The minimum Gasteiger partial charge on any atom is -0.395 e. The zero-order chi connectivity index (χ0) is 11.1. The molecule has 1 heterocycles. The van der Waals surface area contributed by atoms with Gasteiger partial charge in [0.15, 0.2) is 0 Å². The molecule has 5 heteroatoms. The molecule has 0 fully saturated rings. The first kappa shape index (κ1) is 11.8. The monoisotopic (exact) mass is 224 g/mol. The lowest BCUT2D eigenvalue weighted by Gasteiger charge is -2.04. The van der Waals surface area contributed by atoms with Crippen LogP contribution < -0.4 is 5.32 Å². The average molecular weight is 224 g/mol. The number of nitriles is 1. The topological polar surface area (TPSA) is 73.1 Å². The molecule has 0 spiro atoms. The third-order valence-corrected chi connectivity index (χ3v) is 2.86. The van der Waals surface area contributed by atoms with E-state index in [1.54, 1.807) is 17.8 Å². The number of allylic oxidation sites excluding steroid dienone is 1. The van der Waals surface area contributed by atoms with Crippen LogP contribution in [0.4, 0.5) is 0 Å². The summed E-state index contributed by atoms with van der Waals surface area (Å²) in [7, 11) is 0. The molecule has 80 valence electrons. The Morgan fingerprint density at radius 1 is 1.80 bits per heavy atom. The fourth-order valence-corrected chi connectivity index (χ4v) is 1.98. The highest BCUT2D eigenvalue weighted by atomic mass is 32.2. The van der Waals surface area contributed by atoms with Gasteiger partial charge in [-0.2, -0.15) is 5.26 Å². The smallest absolute Gasteiger partial charge is 0.261 e. The maximum atomic E-state index is 11.4. The summed E-state index contributed by atoms with van der Waals surface area (Å²) < 4.78 is 0. The molecule has 1 aliphatic rings. The first-order valence-electron chi connectivity index (χ1n) is 4.59. The number of aliphatic hydroxyl groups excluding tert-OH is 1. The van der Waals surface area contributed by atoms with Gasteiger partial charge in [0.25, 0.3) is 5.91 Å². The predicted molar refractivity (Wildman–Crippen MR) is 58.9 cm³/mol. The van der Waals surface area contributed by atoms with Crippen LogP contribution in [0.15, 0.2) is 23.1 Å². The van der Waals surface area contributed by atoms with E-state index in [1.807, 2.05) is 17.6 Å². The van der Waals surface area contributed by atoms with Gasteiger partial charge < -0.3 is 10.4 Å². The van der Waals surface area contributed by atoms with Crippen molar-refractivity contribution in [2.75, 3.05) is 13.2 Å². The number of aliphatic hydroxyl groups is 1. The van der Waals surface area contributed by atoms with Crippen LogP contribution in [0.2, 0.25) is 0 Å². The SMILES string of the molecule is N#C/C(=C\C1CC=CS1)C(=O)NCCO. The molecule has 0 aromatic carbocycles. The molecule has 0 aliphatic carbocycles. The molecule has 0 saturated heterocycles. The fourth-order valence-electron chi connectivity index (χ4n) is 1.12. The van der Waals surface area contributed by atoms with Crippen molar-refractivity contribution in [2.24, 2.45) is 0 Å². The van der Waals surface area contributed by atoms with E-state index >= 15 is 0 Å². The van der Waals surface area contributed by atoms with Crippen LogP contribution in [-0.4, -0.2) is 29.4 Å². The van der Waals surface area contributed by atoms with Crippen LogP contribution in [-0.2, 0) is 4.79 Å². The highest BCUT2D eigenvalue weighted by molar-refractivity contribution is 8.03. The van der Waals surface area contributed by atoms with E-state index in [0.717, 1.165) is 6.42 Å². The number of carbonyl (C=O) groups is 1. The van der Waals surface area contributed by atoms with Crippen molar-refractivity contribution < 1.29 is 9.90 Å². The first-order valence-corrected chi connectivity index (χ1v) is 5.53. The van der Waals surface area contributed by atoms with Crippen LogP contribution in [0, 0.1) is 11.3 Å². The molecule has 2 N–H and O–H groups in total. The van der Waals surface area contributed by atoms with Gasteiger partial charge in [-0.15, -0.1) is 11.8 Å². The number of hydrogen-bond acceptors (Lipinski definition) is 4. The molecule has 0 aromatic rings. The largest absolute Gasteiger partial charge is 0.395 e.